The van der Waals surface area contributed by atoms with E-state index in [-0.39, 0.29) is 5.41 Å². The molecule has 1 saturated carbocycles. The molecule has 2 aliphatic heterocycles. The third-order valence-electron chi connectivity index (χ3n) is 8.80. The van der Waals surface area contributed by atoms with Gasteiger partial charge in [0.05, 0.1) is 0 Å². The third kappa shape index (κ3) is 6.54. The molecule has 1 atom stereocenters. The van der Waals surface area contributed by atoms with Crippen LogP contribution in [0.4, 0.5) is 17.6 Å². The molecule has 1 aromatic heterocycles. The fourth-order valence-corrected chi connectivity index (χ4v) is 6.58. The second-order valence-corrected chi connectivity index (χ2v) is 12.2. The van der Waals surface area contributed by atoms with Gasteiger partial charge in [-0.3, -0.25) is 0 Å². The van der Waals surface area contributed by atoms with Crippen LogP contribution in [0.5, 0.6) is 0 Å². The second kappa shape index (κ2) is 12.0. The predicted molar refractivity (Wildman–Crippen MR) is 159 cm³/mol. The summed E-state index contributed by atoms with van der Waals surface area (Å²) in [7, 11) is 0. The summed E-state index contributed by atoms with van der Waals surface area (Å²) in [6.07, 6.45) is 11.2. The molecular weight excluding hydrogens is 476 g/mol. The van der Waals surface area contributed by atoms with E-state index in [1.54, 1.807) is 0 Å². The predicted octanol–water partition coefficient (Wildman–Crippen LogP) is 6.14. The minimum atomic E-state index is 0.132. The smallest absolute Gasteiger partial charge is 0.232 e. The lowest BCUT2D eigenvalue weighted by Gasteiger charge is -2.38. The summed E-state index contributed by atoms with van der Waals surface area (Å²) >= 11 is 5.81. The van der Waals surface area contributed by atoms with Crippen molar-refractivity contribution in [1.29, 1.82) is 0 Å². The summed E-state index contributed by atoms with van der Waals surface area (Å²) in [6, 6.07) is 13.2. The van der Waals surface area contributed by atoms with Gasteiger partial charge in [-0.1, -0.05) is 63.4 Å². The van der Waals surface area contributed by atoms with Crippen LogP contribution < -0.4 is 20.4 Å². The Morgan fingerprint density at radius 2 is 1.59 bits per heavy atom. The van der Waals surface area contributed by atoms with Crippen molar-refractivity contribution in [3.63, 3.8) is 0 Å². The number of piperidine rings is 2. The molecule has 3 fully saturated rings. The van der Waals surface area contributed by atoms with E-state index in [9.17, 15) is 0 Å². The average molecular weight is 521 g/mol. The SMILES string of the molecule is CC1CCN(c2cc(N3CCC[C@H](C)C3)nc(NC(=S)NCC3(c4ccccc4)CCCCC3)n2)CC1. The second-order valence-electron chi connectivity index (χ2n) is 11.8. The standard InChI is InChI=1S/C30H44N6S/c1-23-13-18-35(19-14-23)26-20-27(36-17-9-10-24(2)21-36)33-28(32-26)34-29(37)31-22-30(15-7-4-8-16-30)25-11-5-3-6-12-25/h3,5-6,11-12,20,23-24H,4,7-10,13-19,21-22H2,1-2H3,(H2,31,32,33,34,37)/t24-/m0/s1. The van der Waals surface area contributed by atoms with Gasteiger partial charge in [0.15, 0.2) is 5.11 Å². The molecule has 0 unspecified atom stereocenters. The van der Waals surface area contributed by atoms with Gasteiger partial charge in [0.2, 0.25) is 5.95 Å². The van der Waals surface area contributed by atoms with Gasteiger partial charge in [-0.15, -0.1) is 0 Å². The van der Waals surface area contributed by atoms with E-state index < -0.39 is 0 Å². The lowest BCUT2D eigenvalue weighted by Crippen LogP contribution is -2.43. The number of thiocarbonyl (C=S) groups is 1. The molecule has 0 spiro atoms. The fraction of sp³-hybridized carbons (Fsp3) is 0.633. The van der Waals surface area contributed by atoms with Crippen LogP contribution in [0.25, 0.3) is 0 Å². The lowest BCUT2D eigenvalue weighted by atomic mass is 9.69. The van der Waals surface area contributed by atoms with Gasteiger partial charge in [0.1, 0.15) is 11.6 Å². The van der Waals surface area contributed by atoms with Crippen molar-refractivity contribution in [3.8, 4) is 0 Å². The highest BCUT2D eigenvalue weighted by Crippen LogP contribution is 2.39. The Kier molecular flexibility index (Phi) is 8.48. The first kappa shape index (κ1) is 26.2. The quantitative estimate of drug-likeness (QED) is 0.444. The van der Waals surface area contributed by atoms with Crippen LogP contribution in [-0.4, -0.2) is 47.8 Å². The Bertz CT molecular complexity index is 1030. The molecule has 3 aliphatic rings. The molecule has 37 heavy (non-hydrogen) atoms. The van der Waals surface area contributed by atoms with Crippen molar-refractivity contribution < 1.29 is 0 Å². The largest absolute Gasteiger partial charge is 0.361 e. The van der Waals surface area contributed by atoms with E-state index in [0.29, 0.717) is 17.0 Å². The maximum absolute atomic E-state index is 5.81. The van der Waals surface area contributed by atoms with Gasteiger partial charge in [-0.2, -0.15) is 9.97 Å². The van der Waals surface area contributed by atoms with Crippen LogP contribution >= 0.6 is 12.2 Å². The molecule has 5 rings (SSSR count). The van der Waals surface area contributed by atoms with Gasteiger partial charge < -0.3 is 20.4 Å². The molecule has 2 N–H and O–H groups in total. The summed E-state index contributed by atoms with van der Waals surface area (Å²) in [5, 5.41) is 7.55. The Hall–Kier alpha value is -2.41. The molecule has 0 radical (unpaired) electrons. The van der Waals surface area contributed by atoms with Gasteiger partial charge in [-0.25, -0.2) is 0 Å². The lowest BCUT2D eigenvalue weighted by molar-refractivity contribution is 0.292. The van der Waals surface area contributed by atoms with E-state index in [0.717, 1.165) is 50.3 Å². The van der Waals surface area contributed by atoms with Crippen molar-refractivity contribution in [2.24, 2.45) is 11.8 Å². The number of rotatable bonds is 6. The first-order valence-corrected chi connectivity index (χ1v) is 14.9. The molecule has 6 nitrogen and oxygen atoms in total. The van der Waals surface area contributed by atoms with Crippen LogP contribution in [0, 0.1) is 11.8 Å². The first-order valence-electron chi connectivity index (χ1n) is 14.5. The fourth-order valence-electron chi connectivity index (χ4n) is 6.42. The number of nitrogens with one attached hydrogen (secondary N) is 2. The summed E-state index contributed by atoms with van der Waals surface area (Å²) in [4.78, 5) is 14.8. The molecule has 1 aromatic carbocycles. The van der Waals surface area contributed by atoms with Crippen molar-refractivity contribution in [1.82, 2.24) is 15.3 Å². The van der Waals surface area contributed by atoms with Gasteiger partial charge in [0, 0.05) is 44.2 Å². The molecule has 7 heteroatoms. The summed E-state index contributed by atoms with van der Waals surface area (Å²) in [6.45, 7) is 9.74. The highest BCUT2D eigenvalue weighted by atomic mass is 32.1. The molecule has 2 saturated heterocycles. The number of nitrogens with zero attached hydrogens (tertiary/aromatic N) is 4. The highest BCUT2D eigenvalue weighted by molar-refractivity contribution is 7.80. The Morgan fingerprint density at radius 1 is 0.892 bits per heavy atom. The van der Waals surface area contributed by atoms with Crippen molar-refractivity contribution in [2.45, 2.75) is 77.0 Å². The summed E-state index contributed by atoms with van der Waals surface area (Å²) in [5.74, 6) is 4.12. The monoisotopic (exact) mass is 520 g/mol. The molecular formula is C30H44N6S. The molecule has 0 amide bonds. The third-order valence-corrected chi connectivity index (χ3v) is 9.04. The van der Waals surface area contributed by atoms with Crippen molar-refractivity contribution in [2.75, 3.05) is 47.8 Å². The van der Waals surface area contributed by atoms with Gasteiger partial charge in [0.25, 0.3) is 0 Å². The number of aromatic nitrogens is 2. The zero-order valence-corrected chi connectivity index (χ0v) is 23.5. The zero-order chi connectivity index (χ0) is 25.7. The number of anilines is 3. The zero-order valence-electron chi connectivity index (χ0n) is 22.7. The van der Waals surface area contributed by atoms with E-state index in [4.69, 9.17) is 22.2 Å². The van der Waals surface area contributed by atoms with Gasteiger partial charge >= 0.3 is 0 Å². The van der Waals surface area contributed by atoms with Crippen molar-refractivity contribution >= 4 is 34.9 Å². The van der Waals surface area contributed by atoms with Gasteiger partial charge in [-0.05, 0) is 68.1 Å². The van der Waals surface area contributed by atoms with Crippen LogP contribution in [0.2, 0.25) is 0 Å². The van der Waals surface area contributed by atoms with Crippen LogP contribution in [0.3, 0.4) is 0 Å². The van der Waals surface area contributed by atoms with Crippen LogP contribution in [0.15, 0.2) is 36.4 Å². The number of hydrogen-bond donors (Lipinski definition) is 2. The first-order chi connectivity index (χ1) is 18.0. The van der Waals surface area contributed by atoms with Crippen LogP contribution in [0.1, 0.15) is 77.2 Å². The Morgan fingerprint density at radius 3 is 2.30 bits per heavy atom. The van der Waals surface area contributed by atoms with Crippen molar-refractivity contribution in [3.05, 3.63) is 42.0 Å². The summed E-state index contributed by atoms with van der Waals surface area (Å²) in [5.41, 5.74) is 1.55. The Balaban J connectivity index is 1.32. The topological polar surface area (TPSA) is 56.3 Å². The van der Waals surface area contributed by atoms with E-state index in [1.165, 1.54) is 63.4 Å². The molecule has 200 valence electrons. The Labute approximate surface area is 228 Å². The van der Waals surface area contributed by atoms with Crippen LogP contribution in [-0.2, 0) is 5.41 Å². The van der Waals surface area contributed by atoms with E-state index in [1.807, 2.05) is 0 Å². The minimum absolute atomic E-state index is 0.132. The molecule has 1 aliphatic carbocycles. The molecule has 2 aromatic rings. The summed E-state index contributed by atoms with van der Waals surface area (Å²) < 4.78 is 0. The maximum Gasteiger partial charge on any atom is 0.232 e. The van der Waals surface area contributed by atoms with E-state index in [2.05, 4.69) is 70.7 Å². The number of benzene rings is 1. The maximum atomic E-state index is 5.81. The average Bonchev–Trinajstić information content (AvgIpc) is 2.93. The molecule has 3 heterocycles. The number of hydrogen-bond acceptors (Lipinski definition) is 5. The van der Waals surface area contributed by atoms with E-state index >= 15 is 0 Å². The highest BCUT2D eigenvalue weighted by Gasteiger charge is 2.34. The normalized spacial score (nSPS) is 22.5. The minimum Gasteiger partial charge on any atom is -0.361 e. The molecule has 0 bridgehead atoms.